The molecule has 2 amide bonds. The Morgan fingerprint density at radius 1 is 1.29 bits per heavy atom. The Bertz CT molecular complexity index is 508. The molecule has 112 valence electrons. The molecule has 5 nitrogen and oxygen atoms in total. The zero-order chi connectivity index (χ0) is 15.7. The lowest BCUT2D eigenvalue weighted by molar-refractivity contribution is -0.137. The lowest BCUT2D eigenvalue weighted by atomic mass is 10.0. The quantitative estimate of drug-likeness (QED) is 0.674. The van der Waals surface area contributed by atoms with E-state index in [-0.39, 0.29) is 24.5 Å². The van der Waals surface area contributed by atoms with Crippen molar-refractivity contribution in [3.05, 3.63) is 35.9 Å². The topological polar surface area (TPSA) is 78.4 Å². The fraction of sp³-hybridized carbons (Fsp3) is 0.375. The van der Waals surface area contributed by atoms with Crippen LogP contribution in [-0.4, -0.2) is 23.1 Å². The van der Waals surface area contributed by atoms with Crippen LogP contribution in [0.2, 0.25) is 0 Å². The number of carbonyl (C=O) groups excluding carboxylic acids is 1. The summed E-state index contributed by atoms with van der Waals surface area (Å²) in [6.45, 7) is 1.88. The maximum Gasteiger partial charge on any atom is 0.316 e. The molecule has 21 heavy (non-hydrogen) atoms. The van der Waals surface area contributed by atoms with Crippen molar-refractivity contribution in [1.29, 1.82) is 0 Å². The Morgan fingerprint density at radius 3 is 2.48 bits per heavy atom. The molecule has 0 spiro atoms. The predicted octanol–water partition coefficient (Wildman–Crippen LogP) is 2.30. The number of carboxylic acids is 1. The van der Waals surface area contributed by atoms with Gasteiger partial charge in [-0.25, -0.2) is 4.79 Å². The fourth-order valence-electron chi connectivity index (χ4n) is 1.90. The highest BCUT2D eigenvalue weighted by Crippen LogP contribution is 2.18. The molecule has 0 bridgehead atoms. The molecule has 2 atom stereocenters. The van der Waals surface area contributed by atoms with Crippen LogP contribution in [0.3, 0.4) is 0 Å². The Kier molecular flexibility index (Phi) is 6.82. The Labute approximate surface area is 124 Å². The van der Waals surface area contributed by atoms with E-state index in [1.807, 2.05) is 37.3 Å². The summed E-state index contributed by atoms with van der Waals surface area (Å²) in [6.07, 6.45) is 6.23. The molecule has 3 N–H and O–H groups in total. The van der Waals surface area contributed by atoms with E-state index in [0.717, 1.165) is 5.56 Å². The summed E-state index contributed by atoms with van der Waals surface area (Å²) < 4.78 is 0. The number of hydrogen-bond donors (Lipinski definition) is 3. The molecule has 0 aliphatic carbocycles. The first-order chi connectivity index (χ1) is 10.1. The van der Waals surface area contributed by atoms with Crippen LogP contribution >= 0.6 is 0 Å². The fourth-order valence-corrected chi connectivity index (χ4v) is 1.90. The summed E-state index contributed by atoms with van der Waals surface area (Å²) in [5, 5.41) is 14.3. The van der Waals surface area contributed by atoms with E-state index >= 15 is 0 Å². The van der Waals surface area contributed by atoms with E-state index in [4.69, 9.17) is 11.5 Å². The number of carbonyl (C=O) groups is 2. The zero-order valence-electron chi connectivity index (χ0n) is 12.0. The number of aliphatic carboxylic acids is 1. The average molecular weight is 288 g/mol. The SMILES string of the molecule is C#CC(CC)NC(=O)NC(CCC(=O)O)c1ccccc1. The molecule has 1 rings (SSSR count). The number of nitrogens with one attached hydrogen (secondary N) is 2. The van der Waals surface area contributed by atoms with Crippen LogP contribution in [0.1, 0.15) is 37.8 Å². The largest absolute Gasteiger partial charge is 0.481 e. The van der Waals surface area contributed by atoms with Crippen LogP contribution in [0, 0.1) is 12.3 Å². The number of benzene rings is 1. The summed E-state index contributed by atoms with van der Waals surface area (Å²) in [6, 6.07) is 8.18. The number of amides is 2. The van der Waals surface area contributed by atoms with Gasteiger partial charge in [-0.2, -0.15) is 0 Å². The molecule has 0 aliphatic heterocycles. The van der Waals surface area contributed by atoms with Gasteiger partial charge in [0.2, 0.25) is 0 Å². The minimum atomic E-state index is -0.895. The smallest absolute Gasteiger partial charge is 0.316 e. The molecule has 0 aromatic heterocycles. The molecule has 1 aromatic carbocycles. The monoisotopic (exact) mass is 288 g/mol. The molecule has 1 aromatic rings. The standard InChI is InChI=1S/C16H20N2O3/c1-3-13(4-2)17-16(21)18-14(10-11-15(19)20)12-8-6-5-7-9-12/h1,5-9,13-14H,4,10-11H2,2H3,(H,19,20)(H2,17,18,21). The highest BCUT2D eigenvalue weighted by atomic mass is 16.4. The summed E-state index contributed by atoms with van der Waals surface area (Å²) in [4.78, 5) is 22.7. The lowest BCUT2D eigenvalue weighted by Crippen LogP contribution is -2.42. The van der Waals surface area contributed by atoms with Crippen LogP contribution in [0.25, 0.3) is 0 Å². The van der Waals surface area contributed by atoms with Gasteiger partial charge < -0.3 is 15.7 Å². The molecule has 0 saturated heterocycles. The van der Waals surface area contributed by atoms with Crippen molar-refractivity contribution in [2.75, 3.05) is 0 Å². The third-order valence-electron chi connectivity index (χ3n) is 3.07. The van der Waals surface area contributed by atoms with Gasteiger partial charge in [-0.3, -0.25) is 4.79 Å². The first-order valence-corrected chi connectivity index (χ1v) is 6.86. The number of carboxylic acid groups (broad SMARTS) is 1. The Balaban J connectivity index is 2.71. The van der Waals surface area contributed by atoms with Crippen LogP contribution in [0.4, 0.5) is 4.79 Å². The molecule has 0 saturated carbocycles. The van der Waals surface area contributed by atoms with Crippen LogP contribution in [0.15, 0.2) is 30.3 Å². The Hall–Kier alpha value is -2.48. The van der Waals surface area contributed by atoms with E-state index in [1.165, 1.54) is 0 Å². The summed E-state index contributed by atoms with van der Waals surface area (Å²) >= 11 is 0. The minimum Gasteiger partial charge on any atom is -0.481 e. The van der Waals surface area contributed by atoms with Gasteiger partial charge in [0, 0.05) is 6.42 Å². The third kappa shape index (κ3) is 6.00. The van der Waals surface area contributed by atoms with E-state index in [2.05, 4.69) is 16.6 Å². The maximum absolute atomic E-state index is 11.9. The number of urea groups is 1. The van der Waals surface area contributed by atoms with Crippen molar-refractivity contribution in [2.24, 2.45) is 0 Å². The highest BCUT2D eigenvalue weighted by Gasteiger charge is 2.17. The van der Waals surface area contributed by atoms with Gasteiger partial charge in [-0.05, 0) is 18.4 Å². The molecule has 0 radical (unpaired) electrons. The minimum absolute atomic E-state index is 0.0216. The van der Waals surface area contributed by atoms with E-state index in [9.17, 15) is 9.59 Å². The summed E-state index contributed by atoms with van der Waals surface area (Å²) in [7, 11) is 0. The maximum atomic E-state index is 11.9. The number of terminal acetylenes is 1. The van der Waals surface area contributed by atoms with Crippen LogP contribution < -0.4 is 10.6 Å². The van der Waals surface area contributed by atoms with Crippen LogP contribution in [-0.2, 0) is 4.79 Å². The normalized spacial score (nSPS) is 12.8. The van der Waals surface area contributed by atoms with Gasteiger partial charge in [0.25, 0.3) is 0 Å². The van der Waals surface area contributed by atoms with E-state index < -0.39 is 5.97 Å². The molecule has 5 heteroatoms. The molecule has 2 unspecified atom stereocenters. The summed E-state index contributed by atoms with van der Waals surface area (Å²) in [5.41, 5.74) is 0.864. The lowest BCUT2D eigenvalue weighted by Gasteiger charge is -2.20. The second-order valence-electron chi connectivity index (χ2n) is 4.64. The Morgan fingerprint density at radius 2 is 1.95 bits per heavy atom. The van der Waals surface area contributed by atoms with Gasteiger partial charge in [-0.15, -0.1) is 6.42 Å². The number of hydrogen-bond acceptors (Lipinski definition) is 2. The first kappa shape index (κ1) is 16.6. The molecule has 0 fully saturated rings. The third-order valence-corrected chi connectivity index (χ3v) is 3.07. The van der Waals surface area contributed by atoms with Crippen molar-refractivity contribution in [2.45, 2.75) is 38.3 Å². The second-order valence-corrected chi connectivity index (χ2v) is 4.64. The van der Waals surface area contributed by atoms with Gasteiger partial charge in [0.05, 0.1) is 12.1 Å². The van der Waals surface area contributed by atoms with Gasteiger partial charge in [-0.1, -0.05) is 43.2 Å². The van der Waals surface area contributed by atoms with Crippen molar-refractivity contribution in [3.63, 3.8) is 0 Å². The molecule has 0 heterocycles. The van der Waals surface area contributed by atoms with Crippen molar-refractivity contribution >= 4 is 12.0 Å². The van der Waals surface area contributed by atoms with E-state index in [0.29, 0.717) is 12.8 Å². The number of rotatable bonds is 7. The first-order valence-electron chi connectivity index (χ1n) is 6.86. The van der Waals surface area contributed by atoms with Gasteiger partial charge >= 0.3 is 12.0 Å². The molecular weight excluding hydrogens is 268 g/mol. The van der Waals surface area contributed by atoms with Gasteiger partial charge in [0.1, 0.15) is 0 Å². The van der Waals surface area contributed by atoms with Crippen molar-refractivity contribution in [3.8, 4) is 12.3 Å². The predicted molar refractivity (Wildman–Crippen MR) is 80.6 cm³/mol. The summed E-state index contributed by atoms with van der Waals surface area (Å²) in [5.74, 6) is 1.58. The van der Waals surface area contributed by atoms with Crippen molar-refractivity contribution in [1.82, 2.24) is 10.6 Å². The zero-order valence-corrected chi connectivity index (χ0v) is 12.0. The highest BCUT2D eigenvalue weighted by molar-refractivity contribution is 5.75. The van der Waals surface area contributed by atoms with Gasteiger partial charge in [0.15, 0.2) is 0 Å². The molecular formula is C16H20N2O3. The second kappa shape index (κ2) is 8.64. The van der Waals surface area contributed by atoms with Crippen molar-refractivity contribution < 1.29 is 14.7 Å². The average Bonchev–Trinajstić information content (AvgIpc) is 2.49. The van der Waals surface area contributed by atoms with E-state index in [1.54, 1.807) is 0 Å². The van der Waals surface area contributed by atoms with Crippen LogP contribution in [0.5, 0.6) is 0 Å². The molecule has 0 aliphatic rings.